The van der Waals surface area contributed by atoms with E-state index in [2.05, 4.69) is 21.3 Å². The summed E-state index contributed by atoms with van der Waals surface area (Å²) in [5.41, 5.74) is -0.477. The summed E-state index contributed by atoms with van der Waals surface area (Å²) in [6.45, 7) is 3.27. The fraction of sp³-hybridized carbons (Fsp3) is 0.450. The number of rotatable bonds is 11. The summed E-state index contributed by atoms with van der Waals surface area (Å²) in [6.07, 6.45) is -0.934. The lowest BCUT2D eigenvalue weighted by Crippen LogP contribution is -2.51. The van der Waals surface area contributed by atoms with Gasteiger partial charge < -0.3 is 31.1 Å². The molecule has 5 N–H and O–H groups in total. The first kappa shape index (κ1) is 27.8. The lowest BCUT2D eigenvalue weighted by molar-refractivity contribution is -0.384. The summed E-state index contributed by atoms with van der Waals surface area (Å²) in [6, 6.07) is 4.18. The van der Waals surface area contributed by atoms with Crippen LogP contribution in [0.25, 0.3) is 0 Å². The summed E-state index contributed by atoms with van der Waals surface area (Å²) in [5, 5.41) is 28.3. The largest absolute Gasteiger partial charge is 0.480 e. The third-order valence-corrected chi connectivity index (χ3v) is 3.90. The SMILES string of the molecule is CC(C)(C)OC(=O)NC(Cc1ccc([N+](=O)[O-])cc1)C(=O)NCC(=O)NCC(=O)NCC(=O)O. The zero-order valence-electron chi connectivity index (χ0n) is 18.9. The molecule has 0 bridgehead atoms. The van der Waals surface area contributed by atoms with E-state index in [-0.39, 0.29) is 12.1 Å². The average Bonchev–Trinajstić information content (AvgIpc) is 2.73. The van der Waals surface area contributed by atoms with Crippen LogP contribution >= 0.6 is 0 Å². The van der Waals surface area contributed by atoms with Gasteiger partial charge in [0.2, 0.25) is 17.7 Å². The molecule has 0 aliphatic rings. The van der Waals surface area contributed by atoms with Crippen molar-refractivity contribution < 1.29 is 38.7 Å². The molecule has 1 unspecified atom stereocenters. The molecule has 1 rings (SSSR count). The first-order chi connectivity index (χ1) is 15.8. The predicted octanol–water partition coefficient (Wildman–Crippen LogP) is -0.536. The third-order valence-electron chi connectivity index (χ3n) is 3.90. The fourth-order valence-electron chi connectivity index (χ4n) is 2.42. The van der Waals surface area contributed by atoms with Crippen molar-refractivity contribution in [1.29, 1.82) is 0 Å². The number of non-ortho nitro benzene ring substituents is 1. The van der Waals surface area contributed by atoms with E-state index in [1.165, 1.54) is 24.3 Å². The van der Waals surface area contributed by atoms with Crippen LogP contribution in [0.3, 0.4) is 0 Å². The molecule has 0 aromatic heterocycles. The van der Waals surface area contributed by atoms with E-state index in [0.29, 0.717) is 5.56 Å². The van der Waals surface area contributed by atoms with Crippen LogP contribution in [0.1, 0.15) is 26.3 Å². The standard InChI is InChI=1S/C20H27N5O9/c1-20(2,3)34-19(31)24-14(8-12-4-6-13(7-5-12)25(32)33)18(30)23-10-16(27)21-9-15(26)22-11-17(28)29/h4-7,14H,8-11H2,1-3H3,(H,21,27)(H,22,26)(H,23,30)(H,24,31)(H,28,29). The Morgan fingerprint density at radius 3 is 2.00 bits per heavy atom. The number of carbonyl (C=O) groups excluding carboxylic acids is 4. The Morgan fingerprint density at radius 2 is 1.50 bits per heavy atom. The van der Waals surface area contributed by atoms with Crippen LogP contribution in [0, 0.1) is 10.1 Å². The van der Waals surface area contributed by atoms with E-state index in [1.807, 2.05) is 0 Å². The molecule has 14 nitrogen and oxygen atoms in total. The van der Waals surface area contributed by atoms with Gasteiger partial charge in [0.1, 0.15) is 18.2 Å². The lowest BCUT2D eigenvalue weighted by Gasteiger charge is -2.23. The molecule has 0 aliphatic carbocycles. The van der Waals surface area contributed by atoms with Gasteiger partial charge >= 0.3 is 12.1 Å². The Balaban J connectivity index is 2.74. The number of ether oxygens (including phenoxy) is 1. The van der Waals surface area contributed by atoms with Gasteiger partial charge in [-0.3, -0.25) is 29.3 Å². The molecule has 0 radical (unpaired) electrons. The highest BCUT2D eigenvalue weighted by Crippen LogP contribution is 2.14. The normalized spacial score (nSPS) is 11.5. The first-order valence-corrected chi connectivity index (χ1v) is 10.0. The topological polar surface area (TPSA) is 206 Å². The number of aliphatic carboxylic acids is 1. The number of benzene rings is 1. The molecule has 1 aromatic rings. The number of alkyl carbamates (subject to hydrolysis) is 1. The van der Waals surface area contributed by atoms with Crippen molar-refractivity contribution in [2.45, 2.75) is 38.8 Å². The first-order valence-electron chi connectivity index (χ1n) is 10.0. The molecule has 0 saturated carbocycles. The molecular weight excluding hydrogens is 454 g/mol. The molecule has 0 aliphatic heterocycles. The van der Waals surface area contributed by atoms with Crippen LogP contribution in [0.15, 0.2) is 24.3 Å². The zero-order chi connectivity index (χ0) is 25.9. The van der Waals surface area contributed by atoms with Crippen LogP contribution in [-0.4, -0.2) is 71.1 Å². The van der Waals surface area contributed by atoms with Crippen LogP contribution in [0.4, 0.5) is 10.5 Å². The van der Waals surface area contributed by atoms with E-state index in [0.717, 1.165) is 0 Å². The Labute approximate surface area is 194 Å². The second-order valence-corrected chi connectivity index (χ2v) is 7.99. The van der Waals surface area contributed by atoms with Gasteiger partial charge in [-0.05, 0) is 26.3 Å². The molecule has 1 atom stereocenters. The highest BCUT2D eigenvalue weighted by Gasteiger charge is 2.25. The van der Waals surface area contributed by atoms with Gasteiger partial charge in [0, 0.05) is 18.6 Å². The van der Waals surface area contributed by atoms with Crippen molar-refractivity contribution in [2.75, 3.05) is 19.6 Å². The molecule has 186 valence electrons. The lowest BCUT2D eigenvalue weighted by atomic mass is 10.0. The molecule has 0 heterocycles. The second-order valence-electron chi connectivity index (χ2n) is 7.99. The monoisotopic (exact) mass is 481 g/mol. The van der Waals surface area contributed by atoms with Crippen LogP contribution in [0.5, 0.6) is 0 Å². The molecule has 0 fully saturated rings. The predicted molar refractivity (Wildman–Crippen MR) is 117 cm³/mol. The van der Waals surface area contributed by atoms with Gasteiger partial charge in [-0.25, -0.2) is 4.79 Å². The fourth-order valence-corrected chi connectivity index (χ4v) is 2.42. The zero-order valence-corrected chi connectivity index (χ0v) is 18.9. The second kappa shape index (κ2) is 12.7. The van der Waals surface area contributed by atoms with Crippen LogP contribution in [-0.2, 0) is 30.3 Å². The van der Waals surface area contributed by atoms with Gasteiger partial charge in [-0.1, -0.05) is 12.1 Å². The van der Waals surface area contributed by atoms with Gasteiger partial charge in [0.05, 0.1) is 18.0 Å². The maximum Gasteiger partial charge on any atom is 0.408 e. The highest BCUT2D eigenvalue weighted by molar-refractivity contribution is 5.91. The molecule has 14 heteroatoms. The Morgan fingerprint density at radius 1 is 0.971 bits per heavy atom. The van der Waals surface area contributed by atoms with Gasteiger partial charge in [0.15, 0.2) is 0 Å². The number of carboxylic acid groups (broad SMARTS) is 1. The van der Waals surface area contributed by atoms with Crippen molar-refractivity contribution in [3.8, 4) is 0 Å². The number of nitrogens with one attached hydrogen (secondary N) is 4. The Kier molecular flexibility index (Phi) is 10.4. The van der Waals surface area contributed by atoms with Gasteiger partial charge in [-0.15, -0.1) is 0 Å². The molecular formula is C20H27N5O9. The number of hydrogen-bond donors (Lipinski definition) is 5. The minimum atomic E-state index is -1.25. The van der Waals surface area contributed by atoms with E-state index < -0.39 is 66.0 Å². The number of carboxylic acids is 1. The van der Waals surface area contributed by atoms with Crippen molar-refractivity contribution in [2.24, 2.45) is 0 Å². The minimum absolute atomic E-state index is 0.0533. The van der Waals surface area contributed by atoms with E-state index in [1.54, 1.807) is 20.8 Å². The summed E-state index contributed by atoms with van der Waals surface area (Å²) >= 11 is 0. The highest BCUT2D eigenvalue weighted by atomic mass is 16.6. The maximum absolute atomic E-state index is 12.6. The van der Waals surface area contributed by atoms with Crippen molar-refractivity contribution in [3.05, 3.63) is 39.9 Å². The minimum Gasteiger partial charge on any atom is -0.480 e. The van der Waals surface area contributed by atoms with Gasteiger partial charge in [-0.2, -0.15) is 0 Å². The maximum atomic E-state index is 12.6. The number of nitrogens with zero attached hydrogens (tertiary/aromatic N) is 1. The quantitative estimate of drug-likeness (QED) is 0.203. The van der Waals surface area contributed by atoms with Crippen molar-refractivity contribution in [1.82, 2.24) is 21.3 Å². The summed E-state index contributed by atoms with van der Waals surface area (Å²) in [7, 11) is 0. The van der Waals surface area contributed by atoms with Gasteiger partial charge in [0.25, 0.3) is 5.69 Å². The number of hydrogen-bond acceptors (Lipinski definition) is 8. The smallest absolute Gasteiger partial charge is 0.408 e. The van der Waals surface area contributed by atoms with E-state index in [9.17, 15) is 34.1 Å². The van der Waals surface area contributed by atoms with Crippen LogP contribution in [0.2, 0.25) is 0 Å². The third kappa shape index (κ3) is 11.4. The van der Waals surface area contributed by atoms with Crippen LogP contribution < -0.4 is 21.3 Å². The van der Waals surface area contributed by atoms with Crippen molar-refractivity contribution >= 4 is 35.5 Å². The Hall–Kier alpha value is -4.23. The number of nitro benzene ring substituents is 1. The van der Waals surface area contributed by atoms with Crippen molar-refractivity contribution in [3.63, 3.8) is 0 Å². The molecule has 1 aromatic carbocycles. The Bertz CT molecular complexity index is 925. The average molecular weight is 481 g/mol. The molecule has 0 saturated heterocycles. The number of amides is 4. The summed E-state index contributed by atoms with van der Waals surface area (Å²) in [5.74, 6) is -3.45. The molecule has 34 heavy (non-hydrogen) atoms. The molecule has 0 spiro atoms. The molecule has 4 amide bonds. The number of carbonyl (C=O) groups is 5. The van der Waals surface area contributed by atoms with E-state index >= 15 is 0 Å². The van der Waals surface area contributed by atoms with E-state index in [4.69, 9.17) is 9.84 Å². The summed E-state index contributed by atoms with van der Waals surface area (Å²) in [4.78, 5) is 68.7. The summed E-state index contributed by atoms with van der Waals surface area (Å²) < 4.78 is 5.15. The number of nitro groups is 1.